The molecule has 2 fully saturated rings. The van der Waals surface area contributed by atoms with Crippen LogP contribution in [0.2, 0.25) is 0 Å². The molecule has 34 heavy (non-hydrogen) atoms. The minimum Gasteiger partial charge on any atom is -0.490 e. The van der Waals surface area contributed by atoms with Crippen LogP contribution in [0.5, 0.6) is 5.75 Å². The highest BCUT2D eigenvalue weighted by Crippen LogP contribution is 2.46. The van der Waals surface area contributed by atoms with Gasteiger partial charge in [-0.15, -0.1) is 0 Å². The molecule has 2 aliphatic carbocycles. The Kier molecular flexibility index (Phi) is 8.23. The van der Waals surface area contributed by atoms with E-state index in [1.54, 1.807) is 24.3 Å². The summed E-state index contributed by atoms with van der Waals surface area (Å²) in [5.41, 5.74) is 1.90. The van der Waals surface area contributed by atoms with E-state index in [2.05, 4.69) is 0 Å². The highest BCUT2D eigenvalue weighted by atomic mass is 19.2. The average Bonchev–Trinajstić information content (AvgIpc) is 2.87. The highest BCUT2D eigenvalue weighted by Gasteiger charge is 2.33. The number of hydrogen-bond donors (Lipinski definition) is 1. The Morgan fingerprint density at radius 3 is 2.03 bits per heavy atom. The maximum absolute atomic E-state index is 14.8. The van der Waals surface area contributed by atoms with Crippen LogP contribution < -0.4 is 4.74 Å². The Hall–Kier alpha value is -2.43. The predicted molar refractivity (Wildman–Crippen MR) is 130 cm³/mol. The molecule has 0 saturated heterocycles. The third kappa shape index (κ3) is 5.45. The van der Waals surface area contributed by atoms with Crippen molar-refractivity contribution in [2.24, 2.45) is 11.8 Å². The topological polar surface area (TPSA) is 46.5 Å². The second-order valence-corrected chi connectivity index (χ2v) is 10.1. The van der Waals surface area contributed by atoms with Gasteiger partial charge in [0.1, 0.15) is 0 Å². The van der Waals surface area contributed by atoms with Gasteiger partial charge in [-0.2, -0.15) is 4.39 Å². The van der Waals surface area contributed by atoms with Gasteiger partial charge in [0.2, 0.25) is 5.82 Å². The van der Waals surface area contributed by atoms with Gasteiger partial charge in [0.15, 0.2) is 11.6 Å². The van der Waals surface area contributed by atoms with Gasteiger partial charge < -0.3 is 9.84 Å². The third-order valence-corrected chi connectivity index (χ3v) is 8.11. The summed E-state index contributed by atoms with van der Waals surface area (Å²) in [7, 11) is 0. The number of carboxylic acid groups (broad SMARTS) is 1. The number of halogens is 2. The van der Waals surface area contributed by atoms with Crippen LogP contribution in [0.15, 0.2) is 36.4 Å². The Balaban J connectivity index is 1.31. The van der Waals surface area contributed by atoms with Gasteiger partial charge in [0.05, 0.1) is 12.2 Å². The largest absolute Gasteiger partial charge is 0.490 e. The molecule has 0 amide bonds. The minimum atomic E-state index is -0.851. The van der Waals surface area contributed by atoms with E-state index in [9.17, 15) is 18.7 Å². The average molecular weight is 471 g/mol. The first-order chi connectivity index (χ1) is 16.5. The smallest absolute Gasteiger partial charge is 0.335 e. The molecule has 3 nitrogen and oxygen atoms in total. The summed E-state index contributed by atoms with van der Waals surface area (Å²) >= 11 is 0. The van der Waals surface area contributed by atoms with E-state index in [-0.39, 0.29) is 11.7 Å². The summed E-state index contributed by atoms with van der Waals surface area (Å²) in [5, 5.41) is 9.51. The van der Waals surface area contributed by atoms with Crippen molar-refractivity contribution in [2.75, 3.05) is 6.61 Å². The van der Waals surface area contributed by atoms with Crippen LogP contribution in [-0.4, -0.2) is 17.7 Å². The fourth-order valence-electron chi connectivity index (χ4n) is 6.15. The first kappa shape index (κ1) is 24.7. The van der Waals surface area contributed by atoms with Crippen LogP contribution in [0.3, 0.4) is 0 Å². The van der Waals surface area contributed by atoms with Crippen LogP contribution in [0.4, 0.5) is 8.78 Å². The molecule has 0 atom stereocenters. The maximum atomic E-state index is 14.8. The second-order valence-electron chi connectivity index (χ2n) is 10.1. The van der Waals surface area contributed by atoms with Gasteiger partial charge in [-0.1, -0.05) is 37.6 Å². The monoisotopic (exact) mass is 470 g/mol. The quantitative estimate of drug-likeness (QED) is 0.397. The molecule has 0 bridgehead atoms. The number of carbonyl (C=O) groups is 1. The molecule has 0 aromatic heterocycles. The zero-order valence-electron chi connectivity index (χ0n) is 20.1. The number of benzene rings is 2. The zero-order valence-corrected chi connectivity index (χ0v) is 20.1. The van der Waals surface area contributed by atoms with E-state index in [4.69, 9.17) is 4.74 Å². The molecular weight excluding hydrogens is 434 g/mol. The summed E-state index contributed by atoms with van der Waals surface area (Å²) in [6.45, 7) is 2.44. The van der Waals surface area contributed by atoms with Crippen molar-refractivity contribution in [3.8, 4) is 5.75 Å². The lowest BCUT2D eigenvalue weighted by Gasteiger charge is -2.38. The molecule has 2 aliphatic rings. The molecule has 1 N–H and O–H groups in total. The number of ether oxygens (including phenoxy) is 1. The van der Waals surface area contributed by atoms with Gasteiger partial charge >= 0.3 is 5.97 Å². The Bertz CT molecular complexity index is 973. The van der Waals surface area contributed by atoms with Crippen LogP contribution in [0, 0.1) is 23.5 Å². The summed E-state index contributed by atoms with van der Waals surface area (Å²) in [5.74, 6) is -0.776. The molecule has 5 heteroatoms. The lowest BCUT2D eigenvalue weighted by Crippen LogP contribution is -2.25. The van der Waals surface area contributed by atoms with E-state index in [1.165, 1.54) is 0 Å². The molecule has 2 aromatic rings. The number of carboxylic acids is 1. The lowest BCUT2D eigenvalue weighted by molar-refractivity contribution is 0.0694. The van der Waals surface area contributed by atoms with Gasteiger partial charge in [-0.05, 0) is 105 Å². The molecule has 0 radical (unpaired) electrons. The Morgan fingerprint density at radius 1 is 0.853 bits per heavy atom. The van der Waals surface area contributed by atoms with Crippen LogP contribution >= 0.6 is 0 Å². The first-order valence-corrected chi connectivity index (χ1v) is 12.9. The molecule has 184 valence electrons. The van der Waals surface area contributed by atoms with Crippen molar-refractivity contribution < 1.29 is 23.4 Å². The van der Waals surface area contributed by atoms with E-state index >= 15 is 0 Å². The molecule has 2 saturated carbocycles. The van der Waals surface area contributed by atoms with Crippen LogP contribution in [0.25, 0.3) is 0 Å². The third-order valence-electron chi connectivity index (χ3n) is 8.11. The number of rotatable bonds is 8. The fourth-order valence-corrected chi connectivity index (χ4v) is 6.15. The summed E-state index contributed by atoms with van der Waals surface area (Å²) in [6.07, 6.45) is 9.90. The summed E-state index contributed by atoms with van der Waals surface area (Å²) in [4.78, 5) is 11.6. The Morgan fingerprint density at radius 2 is 1.44 bits per heavy atom. The van der Waals surface area contributed by atoms with Gasteiger partial charge in [0.25, 0.3) is 0 Å². The lowest BCUT2D eigenvalue weighted by atomic mass is 9.67. The normalized spacial score (nSPS) is 25.1. The van der Waals surface area contributed by atoms with E-state index in [0.717, 1.165) is 69.8 Å². The van der Waals surface area contributed by atoms with Crippen molar-refractivity contribution in [3.63, 3.8) is 0 Å². The molecule has 0 heterocycles. The molecular formula is C29H36F2O3. The molecule has 2 aromatic carbocycles. The minimum absolute atomic E-state index is 0.0182. The predicted octanol–water partition coefficient (Wildman–Crippen LogP) is 8.09. The van der Waals surface area contributed by atoms with Gasteiger partial charge in [0, 0.05) is 0 Å². The number of aromatic carboxylic acids is 1. The van der Waals surface area contributed by atoms with Crippen molar-refractivity contribution in [1.29, 1.82) is 0 Å². The standard InChI is InChI=1S/C29H36F2O3/c1-2-3-18-34-26-17-16-24(27(30)28(26)31)22-14-10-20(11-15-22)19-8-12-21(13-9-19)23-6-4-5-7-25(23)29(32)33/h4-7,16-17,19-22H,2-3,8-15,18H2,1H3,(H,32,33). The van der Waals surface area contributed by atoms with Crippen molar-refractivity contribution in [3.05, 3.63) is 64.7 Å². The van der Waals surface area contributed by atoms with Crippen molar-refractivity contribution in [1.82, 2.24) is 0 Å². The summed E-state index contributed by atoms with van der Waals surface area (Å²) < 4.78 is 34.7. The van der Waals surface area contributed by atoms with Gasteiger partial charge in [-0.3, -0.25) is 0 Å². The first-order valence-electron chi connectivity index (χ1n) is 12.9. The number of unbranched alkanes of at least 4 members (excludes halogenated alkanes) is 1. The summed E-state index contributed by atoms with van der Waals surface area (Å²) in [6, 6.07) is 10.7. The SMILES string of the molecule is CCCCOc1ccc(C2CCC(C3CCC(c4ccccc4C(=O)O)CC3)CC2)c(F)c1F. The maximum Gasteiger partial charge on any atom is 0.335 e. The van der Waals surface area contributed by atoms with E-state index in [1.807, 2.05) is 19.1 Å². The molecule has 4 rings (SSSR count). The molecule has 0 unspecified atom stereocenters. The molecule has 0 aliphatic heterocycles. The Labute approximate surface area is 201 Å². The van der Waals surface area contributed by atoms with E-state index < -0.39 is 17.6 Å². The van der Waals surface area contributed by atoms with Crippen molar-refractivity contribution >= 4 is 5.97 Å². The van der Waals surface area contributed by atoms with Gasteiger partial charge in [-0.25, -0.2) is 9.18 Å². The van der Waals surface area contributed by atoms with Crippen LogP contribution in [-0.2, 0) is 0 Å². The highest BCUT2D eigenvalue weighted by molar-refractivity contribution is 5.89. The van der Waals surface area contributed by atoms with Crippen LogP contribution in [0.1, 0.15) is 104 Å². The fraction of sp³-hybridized carbons (Fsp3) is 0.552. The van der Waals surface area contributed by atoms with Crippen molar-refractivity contribution in [2.45, 2.75) is 83.0 Å². The van der Waals surface area contributed by atoms with E-state index in [0.29, 0.717) is 35.5 Å². The number of hydrogen-bond acceptors (Lipinski definition) is 2. The zero-order chi connectivity index (χ0) is 24.1. The molecule has 0 spiro atoms. The second kappa shape index (κ2) is 11.3.